The van der Waals surface area contributed by atoms with Crippen LogP contribution in [-0.2, 0) is 4.79 Å². The van der Waals surface area contributed by atoms with Gasteiger partial charge in [-0.1, -0.05) is 26.0 Å². The zero-order valence-electron chi connectivity index (χ0n) is 18.7. The number of aromatic amines is 1. The molecule has 0 radical (unpaired) electrons. The molecule has 0 spiro atoms. The van der Waals surface area contributed by atoms with Gasteiger partial charge >= 0.3 is 0 Å². The molecular weight excluding hydrogens is 404 g/mol. The van der Waals surface area contributed by atoms with E-state index in [-0.39, 0.29) is 28.6 Å². The number of allylic oxidation sites excluding steroid dienone is 4. The number of aliphatic hydroxyl groups is 1. The zero-order chi connectivity index (χ0) is 22.9. The van der Waals surface area contributed by atoms with Crippen molar-refractivity contribution in [2.45, 2.75) is 70.8 Å². The van der Waals surface area contributed by atoms with Crippen LogP contribution < -0.4 is 5.32 Å². The second kappa shape index (κ2) is 8.51. The molecule has 1 aromatic rings. The summed E-state index contributed by atoms with van der Waals surface area (Å²) in [7, 11) is 0. The molecule has 0 saturated heterocycles. The number of nitrogens with zero attached hydrogens (tertiary/aromatic N) is 2. The summed E-state index contributed by atoms with van der Waals surface area (Å²) < 4.78 is 0. The monoisotopic (exact) mass is 434 g/mol. The van der Waals surface area contributed by atoms with Gasteiger partial charge < -0.3 is 15.4 Å². The molecule has 1 unspecified atom stereocenters. The molecule has 1 saturated carbocycles. The second-order valence-corrected chi connectivity index (χ2v) is 10.0. The summed E-state index contributed by atoms with van der Waals surface area (Å²) in [5.41, 5.74) is 2.54. The van der Waals surface area contributed by atoms with Crippen LogP contribution in [0.25, 0.3) is 0 Å². The number of nitriles is 1. The molecule has 1 amide bonds. The third-order valence-corrected chi connectivity index (χ3v) is 7.13. The Balaban J connectivity index is 1.61. The number of nitrogens with one attached hydrogen (secondary N) is 2. The fourth-order valence-electron chi connectivity index (χ4n) is 4.86. The number of carbonyl (C=O) groups excluding carboxylic acids is 2. The number of H-pyrrole nitrogens is 1. The Morgan fingerprint density at radius 2 is 2.03 bits per heavy atom. The first-order valence-electron chi connectivity index (χ1n) is 11.3. The molecule has 7 heteroatoms. The molecule has 1 aromatic heterocycles. The van der Waals surface area contributed by atoms with Crippen molar-refractivity contribution in [3.05, 3.63) is 52.8 Å². The van der Waals surface area contributed by atoms with Gasteiger partial charge in [0, 0.05) is 24.5 Å². The van der Waals surface area contributed by atoms with Gasteiger partial charge in [-0.25, -0.2) is 4.98 Å². The Bertz CT molecular complexity index is 1060. The predicted octanol–water partition coefficient (Wildman–Crippen LogP) is 3.85. The Morgan fingerprint density at radius 1 is 1.28 bits per heavy atom. The van der Waals surface area contributed by atoms with Crippen molar-refractivity contribution in [2.24, 2.45) is 11.3 Å². The van der Waals surface area contributed by atoms with E-state index in [0.29, 0.717) is 37.8 Å². The number of ketones is 1. The molecule has 3 aliphatic carbocycles. The van der Waals surface area contributed by atoms with Crippen molar-refractivity contribution in [3.63, 3.8) is 0 Å². The minimum Gasteiger partial charge on any atom is -0.389 e. The molecule has 4 rings (SSSR count). The lowest BCUT2D eigenvalue weighted by Gasteiger charge is -2.40. The second-order valence-electron chi connectivity index (χ2n) is 10.0. The van der Waals surface area contributed by atoms with Gasteiger partial charge in [-0.15, -0.1) is 0 Å². The van der Waals surface area contributed by atoms with E-state index in [0.717, 1.165) is 24.8 Å². The molecule has 3 N–H and O–H groups in total. The lowest BCUT2D eigenvalue weighted by Crippen LogP contribution is -2.42. The molecule has 1 atom stereocenters. The number of Topliss-reactive ketones (excluding diaryl/α,β-unsaturated/α-hetero) is 1. The number of aromatic nitrogens is 2. The molecule has 168 valence electrons. The Kier molecular flexibility index (Phi) is 5.91. The molecule has 0 aliphatic heterocycles. The van der Waals surface area contributed by atoms with Crippen LogP contribution >= 0.6 is 0 Å². The third kappa shape index (κ3) is 4.61. The summed E-state index contributed by atoms with van der Waals surface area (Å²) in [6.45, 7) is 4.51. The van der Waals surface area contributed by atoms with E-state index < -0.39 is 11.5 Å². The van der Waals surface area contributed by atoms with E-state index in [4.69, 9.17) is 5.26 Å². The maximum Gasteiger partial charge on any atom is 0.291 e. The van der Waals surface area contributed by atoms with Gasteiger partial charge in [-0.2, -0.15) is 5.26 Å². The van der Waals surface area contributed by atoms with Crippen LogP contribution in [0.1, 0.15) is 81.5 Å². The summed E-state index contributed by atoms with van der Waals surface area (Å²) >= 11 is 0. The summed E-state index contributed by atoms with van der Waals surface area (Å²) in [5.74, 6) is -0.200. The zero-order valence-corrected chi connectivity index (χ0v) is 18.7. The maximum absolute atomic E-state index is 12.8. The van der Waals surface area contributed by atoms with Gasteiger partial charge in [0.05, 0.1) is 11.8 Å². The highest BCUT2D eigenvalue weighted by molar-refractivity contribution is 5.92. The molecule has 1 fully saturated rings. The third-order valence-electron chi connectivity index (χ3n) is 7.13. The number of hydrogen-bond donors (Lipinski definition) is 3. The standard InChI is InChI=1S/C25H30N4O3/c1-24(2)9-5-16(6-10-24)20-13-17(25(32)11-7-19(30)8-12-25)3-4-21(20)29-23(31)22-27-15-18(14-26)28-22/h3-5,15,17,32H,6-13H2,1-2H3,(H,27,28)(H,29,31). The van der Waals surface area contributed by atoms with Gasteiger partial charge in [-0.3, -0.25) is 9.59 Å². The number of imidazole rings is 1. The van der Waals surface area contributed by atoms with Gasteiger partial charge in [0.25, 0.3) is 5.91 Å². The number of amides is 1. The predicted molar refractivity (Wildman–Crippen MR) is 119 cm³/mol. The number of hydrogen-bond acceptors (Lipinski definition) is 5. The SMILES string of the molecule is CC1(C)CC=C(C2=C(NC(=O)c3ncc(C#N)[nH]3)C=CC(C3(O)CCC(=O)CC3)C2)CC1. The lowest BCUT2D eigenvalue weighted by atomic mass is 9.69. The molecular formula is C25H30N4O3. The van der Waals surface area contributed by atoms with Crippen molar-refractivity contribution in [3.8, 4) is 6.07 Å². The summed E-state index contributed by atoms with van der Waals surface area (Å²) in [4.78, 5) is 31.2. The summed E-state index contributed by atoms with van der Waals surface area (Å²) in [6.07, 6.45) is 12.8. The highest BCUT2D eigenvalue weighted by Gasteiger charge is 2.41. The van der Waals surface area contributed by atoms with E-state index in [1.165, 1.54) is 11.8 Å². The van der Waals surface area contributed by atoms with Crippen LogP contribution in [0.4, 0.5) is 0 Å². The normalized spacial score (nSPS) is 24.6. The topological polar surface area (TPSA) is 119 Å². The summed E-state index contributed by atoms with van der Waals surface area (Å²) in [6, 6.07) is 1.94. The van der Waals surface area contributed by atoms with Crippen molar-refractivity contribution in [2.75, 3.05) is 0 Å². The van der Waals surface area contributed by atoms with E-state index >= 15 is 0 Å². The van der Waals surface area contributed by atoms with Crippen molar-refractivity contribution < 1.29 is 14.7 Å². The minimum atomic E-state index is -0.900. The fraction of sp³-hybridized carbons (Fsp3) is 0.520. The molecule has 0 bridgehead atoms. The minimum absolute atomic E-state index is 0.0899. The van der Waals surface area contributed by atoms with Gasteiger partial charge in [0.15, 0.2) is 5.82 Å². The van der Waals surface area contributed by atoms with Crippen LogP contribution in [0, 0.1) is 22.7 Å². The smallest absolute Gasteiger partial charge is 0.291 e. The van der Waals surface area contributed by atoms with Crippen LogP contribution in [0.5, 0.6) is 0 Å². The van der Waals surface area contributed by atoms with Crippen molar-refractivity contribution in [1.29, 1.82) is 5.26 Å². The first kappa shape index (κ1) is 22.2. The van der Waals surface area contributed by atoms with E-state index in [2.05, 4.69) is 35.2 Å². The van der Waals surface area contributed by atoms with Crippen LogP contribution in [-0.4, -0.2) is 32.4 Å². The molecule has 32 heavy (non-hydrogen) atoms. The summed E-state index contributed by atoms with van der Waals surface area (Å²) in [5, 5.41) is 23.2. The lowest BCUT2D eigenvalue weighted by molar-refractivity contribution is -0.127. The van der Waals surface area contributed by atoms with E-state index in [9.17, 15) is 14.7 Å². The van der Waals surface area contributed by atoms with E-state index in [1.807, 2.05) is 18.2 Å². The van der Waals surface area contributed by atoms with Gasteiger partial charge in [-0.05, 0) is 61.2 Å². The highest BCUT2D eigenvalue weighted by atomic mass is 16.3. The first-order valence-corrected chi connectivity index (χ1v) is 11.3. The quantitative estimate of drug-likeness (QED) is 0.665. The van der Waals surface area contributed by atoms with E-state index in [1.54, 1.807) is 0 Å². The largest absolute Gasteiger partial charge is 0.389 e. The maximum atomic E-state index is 12.8. The molecule has 7 nitrogen and oxygen atoms in total. The molecule has 0 aromatic carbocycles. The first-order chi connectivity index (χ1) is 15.2. The average molecular weight is 435 g/mol. The van der Waals surface area contributed by atoms with Gasteiger partial charge in [0.1, 0.15) is 17.5 Å². The Hall–Kier alpha value is -2.98. The highest BCUT2D eigenvalue weighted by Crippen LogP contribution is 2.44. The van der Waals surface area contributed by atoms with Crippen molar-refractivity contribution in [1.82, 2.24) is 15.3 Å². The molecule has 3 aliphatic rings. The average Bonchev–Trinajstić information content (AvgIpc) is 3.26. The van der Waals surface area contributed by atoms with Gasteiger partial charge in [0.2, 0.25) is 0 Å². The van der Waals surface area contributed by atoms with Crippen LogP contribution in [0.3, 0.4) is 0 Å². The number of carbonyl (C=O) groups is 2. The Morgan fingerprint density at radius 3 is 2.66 bits per heavy atom. The fourth-order valence-corrected chi connectivity index (χ4v) is 4.86. The number of rotatable bonds is 4. The van der Waals surface area contributed by atoms with Crippen LogP contribution in [0.2, 0.25) is 0 Å². The van der Waals surface area contributed by atoms with Crippen molar-refractivity contribution >= 4 is 11.7 Å². The Labute approximate surface area is 188 Å². The van der Waals surface area contributed by atoms with Crippen LogP contribution in [0.15, 0.2) is 41.3 Å². The molecule has 1 heterocycles.